The van der Waals surface area contributed by atoms with Gasteiger partial charge in [-0.05, 0) is 12.3 Å². The third-order valence-electron chi connectivity index (χ3n) is 4.30. The van der Waals surface area contributed by atoms with E-state index in [4.69, 9.17) is 42.6 Å². The summed E-state index contributed by atoms with van der Waals surface area (Å²) >= 11 is 0. The Morgan fingerprint density at radius 2 is 0.743 bits per heavy atom. The van der Waals surface area contributed by atoms with Crippen LogP contribution < -0.4 is 0 Å². The fraction of sp³-hybridized carbons (Fsp3) is 0.846. The first-order chi connectivity index (χ1) is 17.3. The standard InChI is InChI=1S/C26H50O9/c1-4-5-6-8-27-10-12-29-14-16-31-18-20-33-22-24-35-25-23-34-21-19-32-17-15-30-13-11-28-9-7-26(2)3/h4-6,26H,1,7-25H2,2-3H3/b6-5+. The van der Waals surface area contributed by atoms with Gasteiger partial charge in [0.2, 0.25) is 0 Å². The third kappa shape index (κ3) is 33.1. The molecular weight excluding hydrogens is 456 g/mol. The van der Waals surface area contributed by atoms with Crippen LogP contribution >= 0.6 is 0 Å². The van der Waals surface area contributed by atoms with Crippen LogP contribution in [0.2, 0.25) is 0 Å². The van der Waals surface area contributed by atoms with Crippen molar-refractivity contribution in [3.8, 4) is 0 Å². The van der Waals surface area contributed by atoms with Gasteiger partial charge >= 0.3 is 0 Å². The van der Waals surface area contributed by atoms with Gasteiger partial charge in [-0.1, -0.05) is 38.7 Å². The maximum Gasteiger partial charge on any atom is 0.0704 e. The number of ether oxygens (including phenoxy) is 9. The van der Waals surface area contributed by atoms with Gasteiger partial charge in [-0.2, -0.15) is 0 Å². The van der Waals surface area contributed by atoms with Crippen LogP contribution in [0, 0.1) is 5.92 Å². The van der Waals surface area contributed by atoms with Gasteiger partial charge in [0, 0.05) is 6.61 Å². The van der Waals surface area contributed by atoms with Crippen LogP contribution in [0.5, 0.6) is 0 Å². The van der Waals surface area contributed by atoms with Gasteiger partial charge < -0.3 is 42.6 Å². The topological polar surface area (TPSA) is 83.1 Å². The first kappa shape index (κ1) is 34.1. The second-order valence-corrected chi connectivity index (χ2v) is 7.82. The van der Waals surface area contributed by atoms with Gasteiger partial charge in [-0.25, -0.2) is 0 Å². The van der Waals surface area contributed by atoms with Crippen molar-refractivity contribution in [1.29, 1.82) is 0 Å². The molecule has 0 N–H and O–H groups in total. The lowest BCUT2D eigenvalue weighted by molar-refractivity contribution is -0.0247. The zero-order valence-electron chi connectivity index (χ0n) is 22.1. The largest absolute Gasteiger partial charge is 0.379 e. The summed E-state index contributed by atoms with van der Waals surface area (Å²) in [5, 5.41) is 0. The molecule has 0 radical (unpaired) electrons. The number of hydrogen-bond acceptors (Lipinski definition) is 9. The lowest BCUT2D eigenvalue weighted by atomic mass is 10.1. The maximum absolute atomic E-state index is 5.48. The molecule has 35 heavy (non-hydrogen) atoms. The Morgan fingerprint density at radius 1 is 0.457 bits per heavy atom. The molecule has 9 nitrogen and oxygen atoms in total. The van der Waals surface area contributed by atoms with Crippen molar-refractivity contribution in [2.24, 2.45) is 5.92 Å². The molecule has 0 bridgehead atoms. The molecule has 0 aromatic heterocycles. The zero-order valence-corrected chi connectivity index (χ0v) is 22.1. The third-order valence-corrected chi connectivity index (χ3v) is 4.30. The van der Waals surface area contributed by atoms with E-state index in [0.717, 1.165) is 13.0 Å². The molecular formula is C26H50O9. The molecule has 0 aliphatic rings. The average Bonchev–Trinajstić information content (AvgIpc) is 2.85. The van der Waals surface area contributed by atoms with Crippen LogP contribution in [0.3, 0.4) is 0 Å². The normalized spacial score (nSPS) is 11.7. The maximum atomic E-state index is 5.48. The Bertz CT molecular complexity index is 433. The Labute approximate surface area is 213 Å². The SMILES string of the molecule is C=C/C=C/COCCOCCOCCOCCOCCOCCOCCOCCOCCC(C)C. The minimum Gasteiger partial charge on any atom is -0.379 e. The molecule has 0 amide bonds. The molecule has 0 unspecified atom stereocenters. The minimum absolute atomic E-state index is 0.531. The molecule has 0 saturated carbocycles. The summed E-state index contributed by atoms with van der Waals surface area (Å²) < 4.78 is 48.9. The second kappa shape index (κ2) is 31.2. The van der Waals surface area contributed by atoms with E-state index in [-0.39, 0.29) is 0 Å². The summed E-state index contributed by atoms with van der Waals surface area (Å²) in [5.74, 6) is 0.674. The molecule has 0 spiro atoms. The number of rotatable bonds is 30. The van der Waals surface area contributed by atoms with Gasteiger partial charge in [-0.3, -0.25) is 0 Å². The smallest absolute Gasteiger partial charge is 0.0704 e. The monoisotopic (exact) mass is 506 g/mol. The van der Waals surface area contributed by atoms with Crippen molar-refractivity contribution >= 4 is 0 Å². The highest BCUT2D eigenvalue weighted by Crippen LogP contribution is 1.98. The van der Waals surface area contributed by atoms with Crippen LogP contribution in [-0.2, 0) is 42.6 Å². The van der Waals surface area contributed by atoms with E-state index < -0.39 is 0 Å². The first-order valence-corrected chi connectivity index (χ1v) is 12.7. The molecule has 0 aromatic rings. The van der Waals surface area contributed by atoms with Crippen LogP contribution in [-0.4, -0.2) is 119 Å². The highest BCUT2D eigenvalue weighted by Gasteiger charge is 1.96. The fourth-order valence-electron chi connectivity index (χ4n) is 2.38. The van der Waals surface area contributed by atoms with Crippen molar-refractivity contribution in [3.63, 3.8) is 0 Å². The highest BCUT2D eigenvalue weighted by molar-refractivity contribution is 4.96. The van der Waals surface area contributed by atoms with Crippen molar-refractivity contribution in [2.45, 2.75) is 20.3 Å². The van der Waals surface area contributed by atoms with Gasteiger partial charge in [0.15, 0.2) is 0 Å². The molecule has 0 aliphatic heterocycles. The summed E-state index contributed by atoms with van der Waals surface area (Å²) in [6.07, 6.45) is 6.55. The molecule has 0 saturated heterocycles. The summed E-state index contributed by atoms with van der Waals surface area (Å²) in [7, 11) is 0. The second-order valence-electron chi connectivity index (χ2n) is 7.82. The van der Waals surface area contributed by atoms with Crippen LogP contribution in [0.25, 0.3) is 0 Å². The van der Waals surface area contributed by atoms with Gasteiger partial charge in [0.1, 0.15) is 0 Å². The molecule has 0 atom stereocenters. The van der Waals surface area contributed by atoms with Crippen LogP contribution in [0.1, 0.15) is 20.3 Å². The first-order valence-electron chi connectivity index (χ1n) is 12.7. The Kier molecular flexibility index (Phi) is 30.4. The summed E-state index contributed by atoms with van der Waals surface area (Å²) in [6.45, 7) is 18.2. The van der Waals surface area contributed by atoms with E-state index in [1.54, 1.807) is 6.08 Å². The van der Waals surface area contributed by atoms with Crippen molar-refractivity contribution < 1.29 is 42.6 Å². The predicted molar refractivity (Wildman–Crippen MR) is 136 cm³/mol. The van der Waals surface area contributed by atoms with Gasteiger partial charge in [0.05, 0.1) is 112 Å². The van der Waals surface area contributed by atoms with E-state index in [0.29, 0.717) is 118 Å². The molecule has 208 valence electrons. The van der Waals surface area contributed by atoms with E-state index in [1.165, 1.54) is 0 Å². The highest BCUT2D eigenvalue weighted by atomic mass is 16.6. The summed E-state index contributed by atoms with van der Waals surface area (Å²) in [5.41, 5.74) is 0. The lowest BCUT2D eigenvalue weighted by Gasteiger charge is -2.09. The quantitative estimate of drug-likeness (QED) is 0.108. The van der Waals surface area contributed by atoms with Gasteiger partial charge in [0.25, 0.3) is 0 Å². The summed E-state index contributed by atoms with van der Waals surface area (Å²) in [6, 6.07) is 0. The minimum atomic E-state index is 0.531. The van der Waals surface area contributed by atoms with Crippen molar-refractivity contribution in [1.82, 2.24) is 0 Å². The van der Waals surface area contributed by atoms with Gasteiger partial charge in [-0.15, -0.1) is 0 Å². The van der Waals surface area contributed by atoms with E-state index >= 15 is 0 Å². The lowest BCUT2D eigenvalue weighted by Crippen LogP contribution is -2.15. The summed E-state index contributed by atoms with van der Waals surface area (Å²) in [4.78, 5) is 0. The Hall–Kier alpha value is -0.880. The molecule has 0 aromatic carbocycles. The fourth-order valence-corrected chi connectivity index (χ4v) is 2.38. The molecule has 0 heterocycles. The Morgan fingerprint density at radius 3 is 1.03 bits per heavy atom. The van der Waals surface area contributed by atoms with E-state index in [1.807, 2.05) is 12.2 Å². The molecule has 0 fully saturated rings. The van der Waals surface area contributed by atoms with E-state index in [2.05, 4.69) is 20.4 Å². The molecule has 0 rings (SSSR count). The van der Waals surface area contributed by atoms with E-state index in [9.17, 15) is 0 Å². The predicted octanol–water partition coefficient (Wildman–Crippen LogP) is 2.92. The van der Waals surface area contributed by atoms with Crippen molar-refractivity contribution in [3.05, 3.63) is 24.8 Å². The number of hydrogen-bond donors (Lipinski definition) is 0. The average molecular weight is 507 g/mol. The number of allylic oxidation sites excluding steroid dienone is 2. The van der Waals surface area contributed by atoms with Crippen LogP contribution in [0.4, 0.5) is 0 Å². The Balaban J connectivity index is 3.03. The van der Waals surface area contributed by atoms with Crippen molar-refractivity contribution in [2.75, 3.05) is 119 Å². The van der Waals surface area contributed by atoms with Crippen LogP contribution in [0.15, 0.2) is 24.8 Å². The zero-order chi connectivity index (χ0) is 25.5. The molecule has 9 heteroatoms. The molecule has 0 aliphatic carbocycles.